The first-order valence-electron chi connectivity index (χ1n) is 14.9. The Bertz CT molecular complexity index is 1310. The van der Waals surface area contributed by atoms with Crippen molar-refractivity contribution in [2.24, 2.45) is 0 Å². The molecule has 1 aromatic rings. The van der Waals surface area contributed by atoms with Gasteiger partial charge in [0.25, 0.3) is 5.91 Å². The highest BCUT2D eigenvalue weighted by Gasteiger charge is 2.38. The van der Waals surface area contributed by atoms with E-state index in [0.717, 1.165) is 0 Å². The molecule has 0 unspecified atom stereocenters. The highest BCUT2D eigenvalue weighted by molar-refractivity contribution is 6.02. The number of benzene rings is 1. The first kappa shape index (κ1) is 34.8. The Balaban J connectivity index is 1.89. The maximum Gasteiger partial charge on any atom is 0.408 e. The van der Waals surface area contributed by atoms with Crippen LogP contribution in [0, 0.1) is 0 Å². The lowest BCUT2D eigenvalue weighted by Crippen LogP contribution is -2.53. The number of carbonyl (C=O) groups is 7. The smallest absolute Gasteiger partial charge is 0.408 e. The van der Waals surface area contributed by atoms with E-state index in [1.165, 1.54) is 30.0 Å². The van der Waals surface area contributed by atoms with Crippen LogP contribution in [-0.4, -0.2) is 90.4 Å². The molecule has 2 bridgehead atoms. The lowest BCUT2D eigenvalue weighted by molar-refractivity contribution is -0.142. The van der Waals surface area contributed by atoms with Crippen molar-refractivity contribution in [3.8, 4) is 0 Å². The first-order chi connectivity index (χ1) is 21.2. The van der Waals surface area contributed by atoms with Crippen LogP contribution in [0.1, 0.15) is 75.7 Å². The Morgan fingerprint density at radius 3 is 2.38 bits per heavy atom. The molecule has 5 N–H and O–H groups in total. The van der Waals surface area contributed by atoms with Crippen molar-refractivity contribution < 1.29 is 43.0 Å². The van der Waals surface area contributed by atoms with Crippen LogP contribution in [0.5, 0.6) is 0 Å². The van der Waals surface area contributed by atoms with Crippen LogP contribution in [0.25, 0.3) is 0 Å². The number of hydrogen-bond donors (Lipinski definition) is 5. The normalized spacial score (nSPS) is 20.8. The van der Waals surface area contributed by atoms with Gasteiger partial charge in [0.1, 0.15) is 24.3 Å². The lowest BCUT2D eigenvalue weighted by Gasteiger charge is -2.29. The van der Waals surface area contributed by atoms with Gasteiger partial charge in [-0.25, -0.2) is 4.79 Å². The predicted octanol–water partition coefficient (Wildman–Crippen LogP) is 0.719. The average molecular weight is 631 g/mol. The Morgan fingerprint density at radius 2 is 1.67 bits per heavy atom. The van der Waals surface area contributed by atoms with Crippen molar-refractivity contribution in [3.05, 3.63) is 29.3 Å². The van der Waals surface area contributed by atoms with E-state index in [0.29, 0.717) is 37.8 Å². The second-order valence-electron chi connectivity index (χ2n) is 11.8. The topological polar surface area (TPSA) is 201 Å². The fraction of sp³-hybridized carbons (Fsp3) is 0.567. The van der Waals surface area contributed by atoms with E-state index in [-0.39, 0.29) is 37.4 Å². The van der Waals surface area contributed by atoms with Gasteiger partial charge in [0.2, 0.25) is 23.6 Å². The van der Waals surface area contributed by atoms with Gasteiger partial charge in [-0.2, -0.15) is 0 Å². The van der Waals surface area contributed by atoms with E-state index in [9.17, 15) is 33.6 Å². The highest BCUT2D eigenvalue weighted by atomic mass is 16.6. The number of rotatable bonds is 3. The van der Waals surface area contributed by atoms with Crippen LogP contribution >= 0.6 is 0 Å². The number of alkyl carbamates (subject to hydrolysis) is 1. The fourth-order valence-corrected chi connectivity index (χ4v) is 4.87. The van der Waals surface area contributed by atoms with Gasteiger partial charge >= 0.3 is 12.1 Å². The van der Waals surface area contributed by atoms with Crippen molar-refractivity contribution in [2.75, 3.05) is 31.5 Å². The maximum atomic E-state index is 13.7. The molecule has 1 fully saturated rings. The van der Waals surface area contributed by atoms with E-state index in [1.807, 2.05) is 0 Å². The molecule has 2 aliphatic rings. The van der Waals surface area contributed by atoms with Crippen LogP contribution in [0.4, 0.5) is 10.5 Å². The number of amides is 6. The number of fused-ring (bicyclic) bond motifs is 3. The van der Waals surface area contributed by atoms with E-state index in [2.05, 4.69) is 26.6 Å². The number of nitrogens with zero attached hydrogens (tertiary/aromatic N) is 1. The summed E-state index contributed by atoms with van der Waals surface area (Å²) in [5.41, 5.74) is -0.177. The third-order valence-corrected chi connectivity index (χ3v) is 6.98. The summed E-state index contributed by atoms with van der Waals surface area (Å²) in [4.78, 5) is 90.2. The number of ether oxygens (including phenoxy) is 2. The number of nitrogens with one attached hydrogen (secondary N) is 5. The number of hydrogen-bond acceptors (Lipinski definition) is 9. The van der Waals surface area contributed by atoms with Crippen molar-refractivity contribution in [1.82, 2.24) is 26.2 Å². The maximum absolute atomic E-state index is 13.7. The molecule has 0 saturated carbocycles. The van der Waals surface area contributed by atoms with Gasteiger partial charge in [-0.1, -0.05) is 6.07 Å². The van der Waals surface area contributed by atoms with Crippen LogP contribution in [0.15, 0.2) is 18.2 Å². The molecule has 6 amide bonds. The van der Waals surface area contributed by atoms with Crippen LogP contribution in [0.2, 0.25) is 0 Å². The van der Waals surface area contributed by atoms with Crippen molar-refractivity contribution >= 4 is 47.3 Å². The quantitative estimate of drug-likeness (QED) is 0.298. The highest BCUT2D eigenvalue weighted by Crippen LogP contribution is 2.23. The molecule has 1 aromatic carbocycles. The summed E-state index contributed by atoms with van der Waals surface area (Å²) in [5, 5.41) is 13.0. The van der Waals surface area contributed by atoms with E-state index in [4.69, 9.17) is 9.47 Å². The lowest BCUT2D eigenvalue weighted by atomic mass is 10.1. The summed E-state index contributed by atoms with van der Waals surface area (Å²) in [6.45, 7) is 5.92. The molecular formula is C30H42N6O9. The second-order valence-corrected chi connectivity index (χ2v) is 11.8. The molecule has 0 aliphatic carbocycles. The van der Waals surface area contributed by atoms with Gasteiger partial charge in [-0.05, 0) is 65.0 Å². The van der Waals surface area contributed by atoms with E-state index >= 15 is 0 Å². The number of carbonyl (C=O) groups excluding carboxylic acids is 7. The zero-order valence-electron chi connectivity index (χ0n) is 26.1. The standard InChI is InChI=1S/C30H42N6O9/c1-18(37)44-17-19-10-11-20-14-21(19)26(40)33-16-25(39)32-15-24(38)31-12-6-5-8-22(35-29(43)45-30(2,3)4)28(42)36-13-7-9-23(36)27(41)34-20/h10-11,14,22-23H,5-9,12-13,15-17H2,1-4H3,(H,31,38)(H,32,39)(H,33,40)(H,34,41)(H,35,43)/t22-,23-/m0/s1. The second kappa shape index (κ2) is 15.9. The van der Waals surface area contributed by atoms with Gasteiger partial charge in [0.05, 0.1) is 13.1 Å². The SMILES string of the molecule is CC(=O)OCc1ccc2cc1C(=O)NCC(=O)NCC(=O)NCCCC[C@H](NC(=O)OC(C)(C)C)C(=O)N1CCC[C@H]1C(=O)N2. The van der Waals surface area contributed by atoms with Crippen molar-refractivity contribution in [2.45, 2.75) is 84.1 Å². The van der Waals surface area contributed by atoms with Crippen molar-refractivity contribution in [1.29, 1.82) is 0 Å². The summed E-state index contributed by atoms with van der Waals surface area (Å²) in [7, 11) is 0. The Kier molecular flexibility index (Phi) is 12.3. The molecule has 45 heavy (non-hydrogen) atoms. The first-order valence-corrected chi connectivity index (χ1v) is 14.9. The van der Waals surface area contributed by atoms with Gasteiger partial charge < -0.3 is 41.0 Å². The summed E-state index contributed by atoms with van der Waals surface area (Å²) < 4.78 is 10.4. The third kappa shape index (κ3) is 11.1. The number of anilines is 1. The molecule has 0 aromatic heterocycles. The minimum Gasteiger partial charge on any atom is -0.461 e. The molecule has 246 valence electrons. The fourth-order valence-electron chi connectivity index (χ4n) is 4.87. The van der Waals surface area contributed by atoms with E-state index < -0.39 is 65.8 Å². The molecule has 2 atom stereocenters. The molecule has 3 rings (SSSR count). The minimum absolute atomic E-state index is 0.0477. The molecule has 2 aliphatic heterocycles. The van der Waals surface area contributed by atoms with Gasteiger partial charge in [-0.3, -0.25) is 28.8 Å². The summed E-state index contributed by atoms with van der Waals surface area (Å²) in [6.07, 6.45) is 1.34. The summed E-state index contributed by atoms with van der Waals surface area (Å²) in [6, 6.07) is 2.60. The van der Waals surface area contributed by atoms with E-state index in [1.54, 1.807) is 20.8 Å². The minimum atomic E-state index is -0.979. The molecule has 15 heteroatoms. The zero-order valence-corrected chi connectivity index (χ0v) is 26.1. The van der Waals surface area contributed by atoms with Gasteiger partial charge in [0.15, 0.2) is 0 Å². The average Bonchev–Trinajstić information content (AvgIpc) is 3.46. The van der Waals surface area contributed by atoms with Gasteiger partial charge in [0, 0.05) is 36.8 Å². The largest absolute Gasteiger partial charge is 0.461 e. The Labute approximate surface area is 261 Å². The zero-order chi connectivity index (χ0) is 33.1. The molecule has 0 spiro atoms. The molecule has 0 radical (unpaired) electrons. The third-order valence-electron chi connectivity index (χ3n) is 6.98. The molecule has 15 nitrogen and oxygen atoms in total. The predicted molar refractivity (Wildman–Crippen MR) is 161 cm³/mol. The summed E-state index contributed by atoms with van der Waals surface area (Å²) in [5.74, 6) is -3.21. The summed E-state index contributed by atoms with van der Waals surface area (Å²) >= 11 is 0. The Morgan fingerprint density at radius 1 is 0.956 bits per heavy atom. The number of esters is 1. The van der Waals surface area contributed by atoms with Crippen LogP contribution in [0.3, 0.4) is 0 Å². The van der Waals surface area contributed by atoms with Gasteiger partial charge in [-0.15, -0.1) is 0 Å². The molecular weight excluding hydrogens is 588 g/mol. The monoisotopic (exact) mass is 630 g/mol. The Hall–Kier alpha value is -4.69. The van der Waals surface area contributed by atoms with Crippen LogP contribution < -0.4 is 26.6 Å². The van der Waals surface area contributed by atoms with Crippen molar-refractivity contribution in [3.63, 3.8) is 0 Å². The molecule has 2 heterocycles. The molecule has 1 saturated heterocycles. The van der Waals surface area contributed by atoms with Crippen LogP contribution in [-0.2, 0) is 40.1 Å².